The van der Waals surface area contributed by atoms with E-state index >= 15 is 0 Å². The van der Waals surface area contributed by atoms with Crippen molar-refractivity contribution in [2.24, 2.45) is 0 Å². The highest BCUT2D eigenvalue weighted by Crippen LogP contribution is 2.24. The molecule has 0 aliphatic carbocycles. The van der Waals surface area contributed by atoms with Gasteiger partial charge in [0.1, 0.15) is 5.82 Å². The van der Waals surface area contributed by atoms with E-state index in [-0.39, 0.29) is 5.82 Å². The van der Waals surface area contributed by atoms with Crippen LogP contribution in [-0.4, -0.2) is 44.3 Å². The van der Waals surface area contributed by atoms with Crippen molar-refractivity contribution < 1.29 is 9.13 Å². The van der Waals surface area contributed by atoms with Gasteiger partial charge in [-0.2, -0.15) is 0 Å². The van der Waals surface area contributed by atoms with E-state index in [4.69, 9.17) is 4.74 Å². The number of ether oxygens (including phenoxy) is 1. The largest absolute Gasteiger partial charge is 0.379 e. The lowest BCUT2D eigenvalue weighted by molar-refractivity contribution is 0.0337. The molecule has 4 heteroatoms. The van der Waals surface area contributed by atoms with E-state index in [9.17, 15) is 4.39 Å². The number of halogens is 1. The molecule has 1 aromatic carbocycles. The van der Waals surface area contributed by atoms with Gasteiger partial charge in [0.05, 0.1) is 13.2 Å². The minimum Gasteiger partial charge on any atom is -0.379 e. The van der Waals surface area contributed by atoms with Gasteiger partial charge in [0.25, 0.3) is 0 Å². The summed E-state index contributed by atoms with van der Waals surface area (Å²) < 4.78 is 19.5. The second-order valence-corrected chi connectivity index (χ2v) is 5.43. The molecule has 1 atom stereocenters. The summed E-state index contributed by atoms with van der Waals surface area (Å²) in [6, 6.07) is 5.78. The van der Waals surface area contributed by atoms with Crippen molar-refractivity contribution >= 4 is 0 Å². The molecular formula is C15H21FN2O. The van der Waals surface area contributed by atoms with Crippen molar-refractivity contribution in [1.82, 2.24) is 10.2 Å². The summed E-state index contributed by atoms with van der Waals surface area (Å²) in [5.41, 5.74) is 1.94. The Kier molecular flexibility index (Phi) is 4.11. The maximum absolute atomic E-state index is 14.2. The third kappa shape index (κ3) is 3.14. The van der Waals surface area contributed by atoms with Gasteiger partial charge >= 0.3 is 0 Å². The number of nitrogens with zero attached hydrogens (tertiary/aromatic N) is 1. The van der Waals surface area contributed by atoms with E-state index < -0.39 is 0 Å². The lowest BCUT2D eigenvalue weighted by atomic mass is 9.97. The molecule has 1 aromatic rings. The average Bonchev–Trinajstić information content (AvgIpc) is 2.96. The highest BCUT2D eigenvalue weighted by atomic mass is 19.1. The second kappa shape index (κ2) is 5.99. The zero-order chi connectivity index (χ0) is 13.1. The van der Waals surface area contributed by atoms with Gasteiger partial charge < -0.3 is 10.1 Å². The van der Waals surface area contributed by atoms with Crippen molar-refractivity contribution in [3.8, 4) is 0 Å². The van der Waals surface area contributed by atoms with Gasteiger partial charge in [-0.05, 0) is 30.5 Å². The lowest BCUT2D eigenvalue weighted by Crippen LogP contribution is -2.35. The van der Waals surface area contributed by atoms with E-state index in [1.54, 1.807) is 6.07 Å². The van der Waals surface area contributed by atoms with Crippen molar-refractivity contribution in [3.05, 3.63) is 35.1 Å². The first-order valence-corrected chi connectivity index (χ1v) is 7.12. The fraction of sp³-hybridized carbons (Fsp3) is 0.600. The van der Waals surface area contributed by atoms with Crippen LogP contribution in [0.15, 0.2) is 18.2 Å². The summed E-state index contributed by atoms with van der Waals surface area (Å²) in [6.45, 7) is 6.02. The molecule has 3 nitrogen and oxygen atoms in total. The number of morpholine rings is 1. The smallest absolute Gasteiger partial charge is 0.127 e. The van der Waals surface area contributed by atoms with Crippen molar-refractivity contribution in [1.29, 1.82) is 0 Å². The molecule has 104 valence electrons. The molecule has 2 aliphatic heterocycles. The quantitative estimate of drug-likeness (QED) is 0.900. The molecule has 2 saturated heterocycles. The van der Waals surface area contributed by atoms with Gasteiger partial charge in [-0.3, -0.25) is 4.90 Å². The molecule has 1 N–H and O–H groups in total. The molecule has 0 bridgehead atoms. The molecule has 0 radical (unpaired) electrons. The van der Waals surface area contributed by atoms with E-state index in [0.717, 1.165) is 56.9 Å². The summed E-state index contributed by atoms with van der Waals surface area (Å²) in [7, 11) is 0. The van der Waals surface area contributed by atoms with E-state index in [1.165, 1.54) is 0 Å². The minimum absolute atomic E-state index is 0.0594. The first-order valence-electron chi connectivity index (χ1n) is 7.12. The Morgan fingerprint density at radius 1 is 1.32 bits per heavy atom. The zero-order valence-corrected chi connectivity index (χ0v) is 11.2. The van der Waals surface area contributed by atoms with E-state index in [1.807, 2.05) is 6.07 Å². The Morgan fingerprint density at radius 2 is 2.16 bits per heavy atom. The molecule has 3 rings (SSSR count). The molecular weight excluding hydrogens is 243 g/mol. The molecule has 0 amide bonds. The van der Waals surface area contributed by atoms with E-state index in [2.05, 4.69) is 16.3 Å². The number of hydrogen-bond acceptors (Lipinski definition) is 3. The maximum atomic E-state index is 14.2. The highest BCUT2D eigenvalue weighted by Gasteiger charge is 2.18. The predicted molar refractivity (Wildman–Crippen MR) is 72.7 cm³/mol. The number of nitrogens with one attached hydrogen (secondary N) is 1. The standard InChI is InChI=1S/C15H21FN2O/c16-15-9-12(13-3-4-17-10-13)1-2-14(15)11-18-5-7-19-8-6-18/h1-2,9,13,17H,3-8,10-11H2. The Hall–Kier alpha value is -0.970. The SMILES string of the molecule is Fc1cc(C2CCNC2)ccc1CN1CCOCC1. The van der Waals surface area contributed by atoms with Crippen LogP contribution in [0.25, 0.3) is 0 Å². The van der Waals surface area contributed by atoms with E-state index in [0.29, 0.717) is 12.5 Å². The summed E-state index contributed by atoms with van der Waals surface area (Å²) in [4.78, 5) is 2.25. The Bertz CT molecular complexity index is 426. The van der Waals surface area contributed by atoms with Gasteiger partial charge in [0.2, 0.25) is 0 Å². The predicted octanol–water partition coefficient (Wildman–Crippen LogP) is 1.73. The van der Waals surface area contributed by atoms with Crippen molar-refractivity contribution in [2.45, 2.75) is 18.9 Å². The molecule has 1 unspecified atom stereocenters. The van der Waals surface area contributed by atoms with Crippen LogP contribution in [0.3, 0.4) is 0 Å². The molecule has 0 spiro atoms. The van der Waals surface area contributed by atoms with Gasteiger partial charge in [-0.25, -0.2) is 4.39 Å². The molecule has 0 saturated carbocycles. The van der Waals surface area contributed by atoms with Crippen LogP contribution >= 0.6 is 0 Å². The van der Waals surface area contributed by atoms with Crippen LogP contribution in [0.1, 0.15) is 23.5 Å². The number of rotatable bonds is 3. The van der Waals surface area contributed by atoms with Crippen LogP contribution < -0.4 is 5.32 Å². The van der Waals surface area contributed by atoms with Crippen molar-refractivity contribution in [3.63, 3.8) is 0 Å². The average molecular weight is 264 g/mol. The third-order valence-corrected chi connectivity index (χ3v) is 4.11. The zero-order valence-electron chi connectivity index (χ0n) is 11.2. The molecule has 2 heterocycles. The first-order chi connectivity index (χ1) is 9.33. The topological polar surface area (TPSA) is 24.5 Å². The normalized spacial score (nSPS) is 24.8. The number of benzene rings is 1. The summed E-state index contributed by atoms with van der Waals surface area (Å²) in [6.07, 6.45) is 1.11. The van der Waals surface area contributed by atoms with Crippen molar-refractivity contribution in [2.75, 3.05) is 39.4 Å². The van der Waals surface area contributed by atoms with Gasteiger partial charge in [-0.15, -0.1) is 0 Å². The van der Waals surface area contributed by atoms with Crippen LogP contribution in [0.5, 0.6) is 0 Å². The van der Waals surface area contributed by atoms with Crippen LogP contribution in [0.4, 0.5) is 4.39 Å². The Morgan fingerprint density at radius 3 is 2.84 bits per heavy atom. The van der Waals surface area contributed by atoms with Crippen LogP contribution in [0.2, 0.25) is 0 Å². The van der Waals surface area contributed by atoms with Gasteiger partial charge in [0.15, 0.2) is 0 Å². The highest BCUT2D eigenvalue weighted by molar-refractivity contribution is 5.28. The third-order valence-electron chi connectivity index (χ3n) is 4.11. The summed E-state index contributed by atoms with van der Waals surface area (Å²) in [5, 5.41) is 3.33. The lowest BCUT2D eigenvalue weighted by Gasteiger charge is -2.26. The first kappa shape index (κ1) is 13.0. The number of hydrogen-bond donors (Lipinski definition) is 1. The van der Waals surface area contributed by atoms with Crippen LogP contribution in [-0.2, 0) is 11.3 Å². The monoisotopic (exact) mass is 264 g/mol. The Balaban J connectivity index is 1.68. The molecule has 2 fully saturated rings. The molecule has 2 aliphatic rings. The Labute approximate surface area is 113 Å². The molecule has 19 heavy (non-hydrogen) atoms. The summed E-state index contributed by atoms with van der Waals surface area (Å²) in [5.74, 6) is 0.419. The fourth-order valence-electron chi connectivity index (χ4n) is 2.89. The maximum Gasteiger partial charge on any atom is 0.127 e. The van der Waals surface area contributed by atoms with Gasteiger partial charge in [0, 0.05) is 31.7 Å². The van der Waals surface area contributed by atoms with Gasteiger partial charge in [-0.1, -0.05) is 12.1 Å². The summed E-state index contributed by atoms with van der Waals surface area (Å²) >= 11 is 0. The second-order valence-electron chi connectivity index (χ2n) is 5.43. The van der Waals surface area contributed by atoms with Crippen LogP contribution in [0, 0.1) is 5.82 Å². The minimum atomic E-state index is -0.0594. The fourth-order valence-corrected chi connectivity index (χ4v) is 2.89. The molecule has 0 aromatic heterocycles.